The Balaban J connectivity index is 1.51. The van der Waals surface area contributed by atoms with Crippen molar-refractivity contribution in [2.24, 2.45) is 0 Å². The summed E-state index contributed by atoms with van der Waals surface area (Å²) in [5.74, 6) is 0.560. The highest BCUT2D eigenvalue weighted by Gasteiger charge is 2.13. The van der Waals surface area contributed by atoms with Gasteiger partial charge in [-0.05, 0) is 24.6 Å². The largest absolute Gasteiger partial charge is 0.410 e. The van der Waals surface area contributed by atoms with Crippen molar-refractivity contribution in [2.75, 3.05) is 5.75 Å². The summed E-state index contributed by atoms with van der Waals surface area (Å²) in [5, 5.41) is 11.2. The normalized spacial score (nSPS) is 12.0. The third kappa shape index (κ3) is 4.01. The fraction of sp³-hybridized carbons (Fsp3) is 0.188. The van der Waals surface area contributed by atoms with Crippen molar-refractivity contribution >= 4 is 17.7 Å². The number of carbonyl (C=O) groups is 1. The average molecular weight is 328 g/mol. The van der Waals surface area contributed by atoms with Crippen LogP contribution in [0, 0.1) is 0 Å². The van der Waals surface area contributed by atoms with Gasteiger partial charge in [0.15, 0.2) is 0 Å². The molecule has 0 fully saturated rings. The first-order chi connectivity index (χ1) is 11.2. The van der Waals surface area contributed by atoms with Crippen LogP contribution in [0.15, 0.2) is 58.3 Å². The SMILES string of the molecule is CC(NC(=O)CSc1nnc(-c2ccc[nH]2)o1)c1ccccc1. The van der Waals surface area contributed by atoms with Gasteiger partial charge in [0.1, 0.15) is 5.69 Å². The van der Waals surface area contributed by atoms with E-state index in [1.54, 1.807) is 6.20 Å². The van der Waals surface area contributed by atoms with Gasteiger partial charge in [0, 0.05) is 6.20 Å². The summed E-state index contributed by atoms with van der Waals surface area (Å²) in [5.41, 5.74) is 1.82. The van der Waals surface area contributed by atoms with Gasteiger partial charge in [0.25, 0.3) is 11.1 Å². The first-order valence-corrected chi connectivity index (χ1v) is 8.15. The van der Waals surface area contributed by atoms with Gasteiger partial charge < -0.3 is 14.7 Å². The smallest absolute Gasteiger partial charge is 0.277 e. The zero-order chi connectivity index (χ0) is 16.1. The van der Waals surface area contributed by atoms with Crippen LogP contribution in [0.4, 0.5) is 0 Å². The summed E-state index contributed by atoms with van der Waals surface area (Å²) in [6.07, 6.45) is 1.78. The second-order valence-electron chi connectivity index (χ2n) is 4.95. The maximum absolute atomic E-state index is 12.0. The topological polar surface area (TPSA) is 83.8 Å². The molecule has 3 rings (SSSR count). The molecule has 6 nitrogen and oxygen atoms in total. The lowest BCUT2D eigenvalue weighted by Crippen LogP contribution is -2.28. The maximum Gasteiger partial charge on any atom is 0.277 e. The summed E-state index contributed by atoms with van der Waals surface area (Å²) in [4.78, 5) is 15.0. The van der Waals surface area contributed by atoms with Gasteiger partial charge in [-0.2, -0.15) is 0 Å². The van der Waals surface area contributed by atoms with Gasteiger partial charge in [-0.25, -0.2) is 0 Å². The van der Waals surface area contributed by atoms with E-state index < -0.39 is 0 Å². The number of hydrogen-bond donors (Lipinski definition) is 2. The number of nitrogens with one attached hydrogen (secondary N) is 2. The van der Waals surface area contributed by atoms with Crippen molar-refractivity contribution in [2.45, 2.75) is 18.2 Å². The number of carbonyl (C=O) groups excluding carboxylic acids is 1. The Morgan fingerprint density at radius 3 is 2.83 bits per heavy atom. The molecule has 1 atom stereocenters. The number of amides is 1. The average Bonchev–Trinajstić information content (AvgIpc) is 3.25. The van der Waals surface area contributed by atoms with Gasteiger partial charge in [-0.3, -0.25) is 4.79 Å². The molecule has 1 unspecified atom stereocenters. The zero-order valence-corrected chi connectivity index (χ0v) is 13.3. The monoisotopic (exact) mass is 328 g/mol. The molecule has 1 aromatic carbocycles. The molecule has 0 bridgehead atoms. The van der Waals surface area contributed by atoms with Crippen molar-refractivity contribution in [3.8, 4) is 11.6 Å². The minimum atomic E-state index is -0.0778. The molecule has 0 aliphatic heterocycles. The van der Waals surface area contributed by atoms with Gasteiger partial charge in [0.05, 0.1) is 11.8 Å². The number of aromatic nitrogens is 3. The number of rotatable bonds is 6. The number of nitrogens with zero attached hydrogens (tertiary/aromatic N) is 2. The molecule has 23 heavy (non-hydrogen) atoms. The van der Waals surface area contributed by atoms with E-state index in [2.05, 4.69) is 20.5 Å². The third-order valence-corrected chi connectivity index (χ3v) is 4.06. The predicted molar refractivity (Wildman–Crippen MR) is 87.8 cm³/mol. The van der Waals surface area contributed by atoms with Crippen LogP contribution in [-0.2, 0) is 4.79 Å². The van der Waals surface area contributed by atoms with Crippen molar-refractivity contribution in [3.05, 3.63) is 54.2 Å². The maximum atomic E-state index is 12.0. The highest BCUT2D eigenvalue weighted by Crippen LogP contribution is 2.22. The van der Waals surface area contributed by atoms with E-state index in [0.717, 1.165) is 11.3 Å². The summed E-state index contributed by atoms with van der Waals surface area (Å²) in [7, 11) is 0. The second-order valence-corrected chi connectivity index (χ2v) is 5.87. The fourth-order valence-corrected chi connectivity index (χ4v) is 2.65. The summed E-state index contributed by atoms with van der Waals surface area (Å²) < 4.78 is 5.50. The number of benzene rings is 1. The van der Waals surface area contributed by atoms with Crippen LogP contribution < -0.4 is 5.32 Å². The molecule has 0 saturated heterocycles. The molecule has 2 N–H and O–H groups in total. The predicted octanol–water partition coefficient (Wildman–Crippen LogP) is 3.03. The van der Waals surface area contributed by atoms with Crippen LogP contribution >= 0.6 is 11.8 Å². The lowest BCUT2D eigenvalue weighted by atomic mass is 10.1. The Morgan fingerprint density at radius 1 is 1.26 bits per heavy atom. The van der Waals surface area contributed by atoms with E-state index >= 15 is 0 Å². The molecule has 2 heterocycles. The quantitative estimate of drug-likeness (QED) is 0.680. The molecule has 0 spiro atoms. The Morgan fingerprint density at radius 2 is 2.09 bits per heavy atom. The lowest BCUT2D eigenvalue weighted by molar-refractivity contribution is -0.119. The lowest BCUT2D eigenvalue weighted by Gasteiger charge is -2.13. The highest BCUT2D eigenvalue weighted by molar-refractivity contribution is 7.99. The van der Waals surface area contributed by atoms with Crippen LogP contribution in [0.25, 0.3) is 11.6 Å². The number of thioether (sulfide) groups is 1. The Bertz CT molecular complexity index is 756. The molecule has 3 aromatic rings. The van der Waals surface area contributed by atoms with Gasteiger partial charge >= 0.3 is 0 Å². The molecule has 7 heteroatoms. The van der Waals surface area contributed by atoms with Crippen LogP contribution in [0.1, 0.15) is 18.5 Å². The van der Waals surface area contributed by atoms with Crippen molar-refractivity contribution in [1.82, 2.24) is 20.5 Å². The number of hydrogen-bond acceptors (Lipinski definition) is 5. The molecule has 0 saturated carbocycles. The summed E-state index contributed by atoms with van der Waals surface area (Å²) in [6.45, 7) is 1.95. The number of aromatic amines is 1. The molecule has 0 aliphatic rings. The van der Waals surface area contributed by atoms with E-state index in [0.29, 0.717) is 11.1 Å². The molecule has 0 radical (unpaired) electrons. The van der Waals surface area contributed by atoms with E-state index in [9.17, 15) is 4.79 Å². The standard InChI is InChI=1S/C16H16N4O2S/c1-11(12-6-3-2-4-7-12)18-14(21)10-23-16-20-19-15(22-16)13-8-5-9-17-13/h2-9,11,17H,10H2,1H3,(H,18,21). The van der Waals surface area contributed by atoms with E-state index in [1.807, 2.05) is 49.4 Å². The van der Waals surface area contributed by atoms with E-state index in [4.69, 9.17) is 4.42 Å². The third-order valence-electron chi connectivity index (χ3n) is 3.24. The second kappa shape index (κ2) is 7.15. The highest BCUT2D eigenvalue weighted by atomic mass is 32.2. The molecule has 1 amide bonds. The van der Waals surface area contributed by atoms with Crippen LogP contribution in [0.5, 0.6) is 0 Å². The van der Waals surface area contributed by atoms with Crippen LogP contribution in [0.2, 0.25) is 0 Å². The van der Waals surface area contributed by atoms with Gasteiger partial charge in [0.2, 0.25) is 5.91 Å². The van der Waals surface area contributed by atoms with Gasteiger partial charge in [-0.15, -0.1) is 10.2 Å². The van der Waals surface area contributed by atoms with E-state index in [1.165, 1.54) is 11.8 Å². The minimum absolute atomic E-state index is 0.0403. The van der Waals surface area contributed by atoms with Crippen LogP contribution in [0.3, 0.4) is 0 Å². The molecular weight excluding hydrogens is 312 g/mol. The first kappa shape index (κ1) is 15.4. The molecule has 2 aromatic heterocycles. The zero-order valence-electron chi connectivity index (χ0n) is 12.5. The Kier molecular flexibility index (Phi) is 4.77. The Labute approximate surface area is 137 Å². The number of H-pyrrole nitrogens is 1. The summed E-state index contributed by atoms with van der Waals surface area (Å²) >= 11 is 1.22. The molecular formula is C16H16N4O2S. The van der Waals surface area contributed by atoms with Crippen molar-refractivity contribution in [1.29, 1.82) is 0 Å². The minimum Gasteiger partial charge on any atom is -0.410 e. The molecule has 0 aliphatic carbocycles. The van der Waals surface area contributed by atoms with Crippen LogP contribution in [-0.4, -0.2) is 26.8 Å². The Hall–Kier alpha value is -2.54. The fourth-order valence-electron chi connectivity index (χ4n) is 2.08. The first-order valence-electron chi connectivity index (χ1n) is 7.17. The van der Waals surface area contributed by atoms with E-state index in [-0.39, 0.29) is 17.7 Å². The van der Waals surface area contributed by atoms with Crippen molar-refractivity contribution in [3.63, 3.8) is 0 Å². The van der Waals surface area contributed by atoms with Crippen molar-refractivity contribution < 1.29 is 9.21 Å². The summed E-state index contributed by atoms with van der Waals surface area (Å²) in [6, 6.07) is 13.5. The van der Waals surface area contributed by atoms with Gasteiger partial charge in [-0.1, -0.05) is 42.1 Å². The molecule has 118 valence electrons.